The van der Waals surface area contributed by atoms with Gasteiger partial charge in [0.05, 0.1) is 12.5 Å². The summed E-state index contributed by atoms with van der Waals surface area (Å²) in [6, 6.07) is 7.33. The summed E-state index contributed by atoms with van der Waals surface area (Å²) in [6.45, 7) is 1.90. The maximum atomic E-state index is 11.6. The van der Waals surface area contributed by atoms with Crippen LogP contribution in [0, 0.1) is 18.3 Å². The Morgan fingerprint density at radius 3 is 2.88 bits per heavy atom. The zero-order valence-electron chi connectivity index (χ0n) is 8.67. The first-order chi connectivity index (χ1) is 7.61. The number of benzene rings is 1. The third-order valence-electron chi connectivity index (χ3n) is 2.47. The summed E-state index contributed by atoms with van der Waals surface area (Å²) in [4.78, 5) is 14.3. The number of rotatable bonds is 1. The van der Waals surface area contributed by atoms with E-state index in [4.69, 9.17) is 16.9 Å². The van der Waals surface area contributed by atoms with Gasteiger partial charge in [0.2, 0.25) is 0 Å². The number of nitriles is 1. The second-order valence-corrected chi connectivity index (χ2v) is 4.05. The van der Waals surface area contributed by atoms with Crippen LogP contribution in [0.1, 0.15) is 11.1 Å². The minimum atomic E-state index is -0.228. The topological polar surface area (TPSA) is 56.6 Å². The Bertz CT molecular complexity index is 652. The van der Waals surface area contributed by atoms with E-state index < -0.39 is 0 Å². The highest BCUT2D eigenvalue weighted by Gasteiger charge is 2.04. The van der Waals surface area contributed by atoms with Crippen LogP contribution in [0.3, 0.4) is 0 Å². The minimum Gasteiger partial charge on any atom is -0.322 e. The van der Waals surface area contributed by atoms with E-state index in [1.165, 1.54) is 0 Å². The summed E-state index contributed by atoms with van der Waals surface area (Å²) in [7, 11) is 0. The molecule has 0 radical (unpaired) electrons. The number of hydrogen-bond acceptors (Lipinski definition) is 2. The van der Waals surface area contributed by atoms with Crippen LogP contribution >= 0.6 is 11.6 Å². The number of hydrogen-bond donors (Lipinski definition) is 1. The lowest BCUT2D eigenvalue weighted by molar-refractivity contribution is 1.16. The zero-order chi connectivity index (χ0) is 11.7. The summed E-state index contributed by atoms with van der Waals surface area (Å²) < 4.78 is 0. The van der Waals surface area contributed by atoms with Gasteiger partial charge in [-0.05, 0) is 36.1 Å². The molecule has 1 N–H and O–H groups in total. The fourth-order valence-corrected chi connectivity index (χ4v) is 1.77. The fourth-order valence-electron chi connectivity index (χ4n) is 1.60. The van der Waals surface area contributed by atoms with Crippen LogP contribution in [0.4, 0.5) is 0 Å². The van der Waals surface area contributed by atoms with Gasteiger partial charge < -0.3 is 4.98 Å². The summed E-state index contributed by atoms with van der Waals surface area (Å²) in [5.74, 6) is 0. The van der Waals surface area contributed by atoms with Crippen molar-refractivity contribution in [2.75, 3.05) is 0 Å². The van der Waals surface area contributed by atoms with E-state index in [-0.39, 0.29) is 12.0 Å². The minimum absolute atomic E-state index is 0.118. The second kappa shape index (κ2) is 3.99. The van der Waals surface area contributed by atoms with Crippen LogP contribution < -0.4 is 5.56 Å². The van der Waals surface area contributed by atoms with Crippen molar-refractivity contribution in [3.05, 3.63) is 44.7 Å². The predicted octanol–water partition coefficient (Wildman–Crippen LogP) is 2.56. The van der Waals surface area contributed by atoms with Gasteiger partial charge in [-0.25, -0.2) is 0 Å². The van der Waals surface area contributed by atoms with E-state index in [1.54, 1.807) is 12.1 Å². The molecule has 0 atom stereocenters. The molecule has 80 valence electrons. The first-order valence-corrected chi connectivity index (χ1v) is 5.18. The molecule has 4 heteroatoms. The van der Waals surface area contributed by atoms with Gasteiger partial charge in [-0.3, -0.25) is 4.79 Å². The maximum absolute atomic E-state index is 11.6. The van der Waals surface area contributed by atoms with Gasteiger partial charge in [0.1, 0.15) is 0 Å². The Hall–Kier alpha value is -1.79. The van der Waals surface area contributed by atoms with Crippen molar-refractivity contribution in [3.8, 4) is 6.07 Å². The molecule has 1 heterocycles. The maximum Gasteiger partial charge on any atom is 0.252 e. The number of nitrogens with one attached hydrogen (secondary N) is 1. The van der Waals surface area contributed by atoms with Gasteiger partial charge in [-0.15, -0.1) is 0 Å². The molecule has 0 saturated carbocycles. The molecule has 0 aliphatic heterocycles. The van der Waals surface area contributed by atoms with Crippen molar-refractivity contribution in [1.82, 2.24) is 4.98 Å². The fraction of sp³-hybridized carbons (Fsp3) is 0.167. The van der Waals surface area contributed by atoms with Gasteiger partial charge in [0, 0.05) is 16.1 Å². The Morgan fingerprint density at radius 1 is 1.44 bits per heavy atom. The average molecular weight is 233 g/mol. The van der Waals surface area contributed by atoms with E-state index in [0.29, 0.717) is 16.1 Å². The molecule has 1 aromatic heterocycles. The molecule has 1 aromatic carbocycles. The SMILES string of the molecule is Cc1cc2cc(CC#N)c(=O)[nH]c2cc1Cl. The molecule has 0 bridgehead atoms. The lowest BCUT2D eigenvalue weighted by atomic mass is 10.1. The Kier molecular flexibility index (Phi) is 2.67. The highest BCUT2D eigenvalue weighted by molar-refractivity contribution is 6.32. The molecule has 0 fully saturated rings. The smallest absolute Gasteiger partial charge is 0.252 e. The number of pyridine rings is 1. The molecule has 0 spiro atoms. The Morgan fingerprint density at radius 2 is 2.19 bits per heavy atom. The third-order valence-corrected chi connectivity index (χ3v) is 2.88. The quantitative estimate of drug-likeness (QED) is 0.822. The monoisotopic (exact) mass is 232 g/mol. The van der Waals surface area contributed by atoms with Crippen molar-refractivity contribution in [3.63, 3.8) is 0 Å². The zero-order valence-corrected chi connectivity index (χ0v) is 9.43. The number of fused-ring (bicyclic) bond motifs is 1. The van der Waals surface area contributed by atoms with Gasteiger partial charge in [-0.1, -0.05) is 11.6 Å². The number of aromatic nitrogens is 1. The first kappa shape index (κ1) is 10.7. The molecule has 0 aliphatic rings. The number of nitrogens with zero attached hydrogens (tertiary/aromatic N) is 1. The molecule has 3 nitrogen and oxygen atoms in total. The highest BCUT2D eigenvalue weighted by Crippen LogP contribution is 2.21. The standard InChI is InChI=1S/C12H9ClN2O/c1-7-4-9-5-8(2-3-14)12(16)15-11(9)6-10(7)13/h4-6H,2H2,1H3,(H,15,16). The van der Waals surface area contributed by atoms with Crippen LogP contribution in [0.15, 0.2) is 23.0 Å². The van der Waals surface area contributed by atoms with Crippen LogP contribution in [-0.4, -0.2) is 4.98 Å². The van der Waals surface area contributed by atoms with E-state index in [1.807, 2.05) is 19.1 Å². The van der Waals surface area contributed by atoms with Crippen molar-refractivity contribution in [2.45, 2.75) is 13.3 Å². The van der Waals surface area contributed by atoms with Crippen molar-refractivity contribution < 1.29 is 0 Å². The van der Waals surface area contributed by atoms with Crippen molar-refractivity contribution >= 4 is 22.5 Å². The van der Waals surface area contributed by atoms with Crippen molar-refractivity contribution in [2.24, 2.45) is 0 Å². The van der Waals surface area contributed by atoms with Crippen molar-refractivity contribution in [1.29, 1.82) is 5.26 Å². The lowest BCUT2D eigenvalue weighted by Gasteiger charge is -2.03. The predicted molar refractivity (Wildman–Crippen MR) is 63.6 cm³/mol. The van der Waals surface area contributed by atoms with Crippen LogP contribution in [0.5, 0.6) is 0 Å². The summed E-state index contributed by atoms with van der Waals surface area (Å²) in [5, 5.41) is 10.1. The number of aryl methyl sites for hydroxylation is 1. The van der Waals surface area contributed by atoms with E-state index in [2.05, 4.69) is 4.98 Å². The Balaban J connectivity index is 2.76. The first-order valence-electron chi connectivity index (χ1n) is 4.81. The van der Waals surface area contributed by atoms with Gasteiger partial charge >= 0.3 is 0 Å². The second-order valence-electron chi connectivity index (χ2n) is 3.65. The lowest BCUT2D eigenvalue weighted by Crippen LogP contribution is -2.11. The molecular weight excluding hydrogens is 224 g/mol. The van der Waals surface area contributed by atoms with Crippen LogP contribution in [0.2, 0.25) is 5.02 Å². The third kappa shape index (κ3) is 1.80. The van der Waals surface area contributed by atoms with E-state index in [0.717, 1.165) is 10.9 Å². The van der Waals surface area contributed by atoms with Gasteiger partial charge in [0.25, 0.3) is 5.56 Å². The van der Waals surface area contributed by atoms with E-state index >= 15 is 0 Å². The molecule has 2 rings (SSSR count). The van der Waals surface area contributed by atoms with Gasteiger partial charge in [0.15, 0.2) is 0 Å². The van der Waals surface area contributed by atoms with E-state index in [9.17, 15) is 4.79 Å². The number of halogens is 1. The molecule has 0 aliphatic carbocycles. The number of aromatic amines is 1. The van der Waals surface area contributed by atoms with Gasteiger partial charge in [-0.2, -0.15) is 5.26 Å². The Labute approximate surface area is 97.3 Å². The molecule has 16 heavy (non-hydrogen) atoms. The average Bonchev–Trinajstić information content (AvgIpc) is 2.23. The molecule has 0 unspecified atom stereocenters. The largest absolute Gasteiger partial charge is 0.322 e. The molecule has 2 aromatic rings. The summed E-state index contributed by atoms with van der Waals surface area (Å²) >= 11 is 5.97. The summed E-state index contributed by atoms with van der Waals surface area (Å²) in [6.07, 6.45) is 0.118. The molecular formula is C12H9ClN2O. The van der Waals surface area contributed by atoms with Crippen LogP contribution in [-0.2, 0) is 6.42 Å². The highest BCUT2D eigenvalue weighted by atomic mass is 35.5. The van der Waals surface area contributed by atoms with Crippen LogP contribution in [0.25, 0.3) is 10.9 Å². The normalized spacial score (nSPS) is 10.3. The summed E-state index contributed by atoms with van der Waals surface area (Å²) in [5.41, 5.74) is 1.90. The number of H-pyrrole nitrogens is 1. The molecule has 0 amide bonds. The molecule has 0 saturated heterocycles.